The number of hydrogen-bond donors (Lipinski definition) is 1. The summed E-state index contributed by atoms with van der Waals surface area (Å²) >= 11 is 0. The van der Waals surface area contributed by atoms with Crippen LogP contribution in [0.4, 0.5) is 0 Å². The van der Waals surface area contributed by atoms with E-state index in [2.05, 4.69) is 37.9 Å². The Morgan fingerprint density at radius 2 is 1.63 bits per heavy atom. The fraction of sp³-hybridized carbons (Fsp3) is 1.00. The second-order valence-corrected chi connectivity index (χ2v) is 7.75. The zero-order chi connectivity index (χ0) is 13.9. The Morgan fingerprint density at radius 3 is 2.05 bits per heavy atom. The summed E-state index contributed by atoms with van der Waals surface area (Å²) in [5, 5.41) is 3.69. The molecule has 0 heterocycles. The lowest BCUT2D eigenvalue weighted by Gasteiger charge is -2.38. The van der Waals surface area contributed by atoms with Crippen LogP contribution < -0.4 is 5.32 Å². The van der Waals surface area contributed by atoms with Gasteiger partial charge in [-0.2, -0.15) is 0 Å². The second kappa shape index (κ2) is 6.58. The molecule has 1 atom stereocenters. The molecule has 1 unspecified atom stereocenters. The predicted molar refractivity (Wildman–Crippen MR) is 83.4 cm³/mol. The Bertz CT molecular complexity index is 252. The van der Waals surface area contributed by atoms with Gasteiger partial charge in [-0.05, 0) is 62.8 Å². The van der Waals surface area contributed by atoms with Gasteiger partial charge >= 0.3 is 0 Å². The fourth-order valence-corrected chi connectivity index (χ4v) is 2.89. The summed E-state index contributed by atoms with van der Waals surface area (Å²) in [4.78, 5) is 2.78. The zero-order valence-corrected chi connectivity index (χ0v) is 13.5. The quantitative estimate of drug-likeness (QED) is 0.651. The van der Waals surface area contributed by atoms with Crippen molar-refractivity contribution in [2.24, 2.45) is 17.3 Å². The van der Waals surface area contributed by atoms with Gasteiger partial charge in [0, 0.05) is 25.7 Å². The van der Waals surface area contributed by atoms with Crippen molar-refractivity contribution < 1.29 is 0 Å². The van der Waals surface area contributed by atoms with Crippen LogP contribution in [0, 0.1) is 17.3 Å². The van der Waals surface area contributed by atoms with E-state index in [1.807, 2.05) is 0 Å². The molecule has 2 fully saturated rings. The van der Waals surface area contributed by atoms with E-state index >= 15 is 0 Å². The van der Waals surface area contributed by atoms with E-state index in [0.29, 0.717) is 11.5 Å². The lowest BCUT2D eigenvalue weighted by Crippen LogP contribution is -2.47. The molecule has 2 aliphatic rings. The first-order chi connectivity index (χ1) is 9.01. The van der Waals surface area contributed by atoms with Crippen LogP contribution in [0.1, 0.15) is 59.8 Å². The van der Waals surface area contributed by atoms with Gasteiger partial charge < -0.3 is 10.2 Å². The van der Waals surface area contributed by atoms with Crippen LogP contribution in [0.15, 0.2) is 0 Å². The number of hydrogen-bond acceptors (Lipinski definition) is 2. The molecule has 0 spiro atoms. The van der Waals surface area contributed by atoms with Crippen molar-refractivity contribution in [3.63, 3.8) is 0 Å². The molecule has 0 aromatic heterocycles. The van der Waals surface area contributed by atoms with Crippen LogP contribution in [0.5, 0.6) is 0 Å². The number of rotatable bonds is 10. The molecule has 2 nitrogen and oxygen atoms in total. The summed E-state index contributed by atoms with van der Waals surface area (Å²) < 4.78 is 0. The largest absolute Gasteiger partial charge is 0.314 e. The summed E-state index contributed by atoms with van der Waals surface area (Å²) in [5.74, 6) is 2.04. The maximum atomic E-state index is 3.69. The van der Waals surface area contributed by atoms with Gasteiger partial charge in [0.05, 0.1) is 0 Å². The van der Waals surface area contributed by atoms with Gasteiger partial charge in [0.1, 0.15) is 0 Å². The Balaban J connectivity index is 1.81. The number of nitrogens with one attached hydrogen (secondary N) is 1. The van der Waals surface area contributed by atoms with Crippen LogP contribution in [-0.2, 0) is 0 Å². The van der Waals surface area contributed by atoms with Gasteiger partial charge in [-0.15, -0.1) is 0 Å². The molecule has 0 radical (unpaired) electrons. The highest BCUT2D eigenvalue weighted by Crippen LogP contribution is 2.35. The molecule has 112 valence electrons. The summed E-state index contributed by atoms with van der Waals surface area (Å²) in [6.07, 6.45) is 7.14. The molecule has 0 aromatic carbocycles. The summed E-state index contributed by atoms with van der Waals surface area (Å²) in [6.45, 7) is 14.6. The van der Waals surface area contributed by atoms with Crippen LogP contribution in [0.25, 0.3) is 0 Å². The van der Waals surface area contributed by atoms with Crippen molar-refractivity contribution in [3.8, 4) is 0 Å². The lowest BCUT2D eigenvalue weighted by molar-refractivity contribution is 0.134. The fourth-order valence-electron chi connectivity index (χ4n) is 2.89. The molecule has 0 bridgehead atoms. The van der Waals surface area contributed by atoms with Gasteiger partial charge in [-0.3, -0.25) is 0 Å². The molecule has 1 N–H and O–H groups in total. The zero-order valence-electron chi connectivity index (χ0n) is 13.5. The van der Waals surface area contributed by atoms with Crippen molar-refractivity contribution in [3.05, 3.63) is 0 Å². The van der Waals surface area contributed by atoms with E-state index in [0.717, 1.165) is 18.4 Å². The molecule has 2 heteroatoms. The Labute approximate surface area is 120 Å². The first-order valence-electron chi connectivity index (χ1n) is 8.47. The Morgan fingerprint density at radius 1 is 1.11 bits per heavy atom. The van der Waals surface area contributed by atoms with Crippen LogP contribution in [0.2, 0.25) is 0 Å². The average Bonchev–Trinajstić information content (AvgIpc) is 3.21. The Kier molecular flexibility index (Phi) is 5.30. The molecule has 2 aliphatic carbocycles. The minimum Gasteiger partial charge on any atom is -0.314 e. The van der Waals surface area contributed by atoms with E-state index in [4.69, 9.17) is 0 Å². The highest BCUT2D eigenvalue weighted by Gasteiger charge is 2.34. The van der Waals surface area contributed by atoms with Crippen molar-refractivity contribution in [1.29, 1.82) is 0 Å². The molecule has 2 rings (SSSR count). The summed E-state index contributed by atoms with van der Waals surface area (Å²) in [6, 6.07) is 0.605. The van der Waals surface area contributed by atoms with Crippen LogP contribution in [0.3, 0.4) is 0 Å². The SMILES string of the molecule is CCCNC(C)C(C)(C)CN(CC1CC1)CC1CC1. The standard InChI is InChI=1S/C17H34N2/c1-5-10-18-14(2)17(3,4)13-19(11-15-6-7-15)12-16-8-9-16/h14-16,18H,5-13H2,1-4H3. The third kappa shape index (κ3) is 5.43. The van der Waals surface area contributed by atoms with E-state index in [9.17, 15) is 0 Å². The molecule has 0 aromatic rings. The minimum atomic E-state index is 0.374. The maximum Gasteiger partial charge on any atom is 0.0102 e. The third-order valence-corrected chi connectivity index (χ3v) is 4.93. The first-order valence-corrected chi connectivity index (χ1v) is 8.47. The highest BCUT2D eigenvalue weighted by atomic mass is 15.1. The molecule has 0 saturated heterocycles. The predicted octanol–water partition coefficient (Wildman–Crippen LogP) is 3.52. The first kappa shape index (κ1) is 15.3. The van der Waals surface area contributed by atoms with Crippen molar-refractivity contribution in [2.75, 3.05) is 26.2 Å². The Hall–Kier alpha value is -0.0800. The topological polar surface area (TPSA) is 15.3 Å². The maximum absolute atomic E-state index is 3.69. The van der Waals surface area contributed by atoms with E-state index in [1.165, 1.54) is 51.7 Å². The van der Waals surface area contributed by atoms with Gasteiger partial charge in [0.15, 0.2) is 0 Å². The minimum absolute atomic E-state index is 0.374. The smallest absolute Gasteiger partial charge is 0.0102 e. The molecule has 2 saturated carbocycles. The van der Waals surface area contributed by atoms with Crippen molar-refractivity contribution in [1.82, 2.24) is 10.2 Å². The second-order valence-electron chi connectivity index (χ2n) is 7.75. The average molecular weight is 266 g/mol. The molecule has 19 heavy (non-hydrogen) atoms. The van der Waals surface area contributed by atoms with Crippen molar-refractivity contribution in [2.45, 2.75) is 65.8 Å². The lowest BCUT2D eigenvalue weighted by atomic mass is 9.84. The normalized spacial score (nSPS) is 21.9. The number of nitrogens with zero attached hydrogens (tertiary/aromatic N) is 1. The molecular weight excluding hydrogens is 232 g/mol. The summed E-state index contributed by atoms with van der Waals surface area (Å²) in [5.41, 5.74) is 0.374. The molecular formula is C17H34N2. The molecule has 0 aliphatic heterocycles. The highest BCUT2D eigenvalue weighted by molar-refractivity contribution is 4.88. The van der Waals surface area contributed by atoms with Crippen LogP contribution >= 0.6 is 0 Å². The van der Waals surface area contributed by atoms with Gasteiger partial charge in [0.2, 0.25) is 0 Å². The summed E-state index contributed by atoms with van der Waals surface area (Å²) in [7, 11) is 0. The van der Waals surface area contributed by atoms with E-state index in [-0.39, 0.29) is 0 Å². The van der Waals surface area contributed by atoms with E-state index < -0.39 is 0 Å². The van der Waals surface area contributed by atoms with Crippen molar-refractivity contribution >= 4 is 0 Å². The van der Waals surface area contributed by atoms with Crippen LogP contribution in [-0.4, -0.2) is 37.1 Å². The molecule has 0 amide bonds. The van der Waals surface area contributed by atoms with Gasteiger partial charge in [-0.1, -0.05) is 20.8 Å². The third-order valence-electron chi connectivity index (χ3n) is 4.93. The van der Waals surface area contributed by atoms with E-state index in [1.54, 1.807) is 0 Å². The monoisotopic (exact) mass is 266 g/mol. The van der Waals surface area contributed by atoms with Gasteiger partial charge in [0.25, 0.3) is 0 Å². The van der Waals surface area contributed by atoms with Gasteiger partial charge in [-0.25, -0.2) is 0 Å².